The Labute approximate surface area is 89.5 Å². The van der Waals surface area contributed by atoms with Gasteiger partial charge >= 0.3 is 0 Å². The highest BCUT2D eigenvalue weighted by molar-refractivity contribution is 6.01. The van der Waals surface area contributed by atoms with Crippen molar-refractivity contribution in [1.29, 1.82) is 0 Å². The highest BCUT2D eigenvalue weighted by Crippen LogP contribution is 2.21. The number of carbonyl (C=O) groups is 1. The van der Waals surface area contributed by atoms with Crippen LogP contribution >= 0.6 is 0 Å². The van der Waals surface area contributed by atoms with Crippen LogP contribution in [-0.4, -0.2) is 12.9 Å². The summed E-state index contributed by atoms with van der Waals surface area (Å²) in [5.41, 5.74) is 6.73. The van der Waals surface area contributed by atoms with Crippen LogP contribution < -0.4 is 10.5 Å². The average Bonchev–Trinajstić information content (AvgIpc) is 2.26. The highest BCUT2D eigenvalue weighted by Gasteiger charge is 2.09. The van der Waals surface area contributed by atoms with E-state index in [2.05, 4.69) is 6.58 Å². The summed E-state index contributed by atoms with van der Waals surface area (Å²) in [5, 5.41) is 0. The number of ether oxygens (including phenoxy) is 1. The third kappa shape index (κ3) is 2.84. The number of carbonyl (C=O) groups excluding carboxylic acids is 1. The van der Waals surface area contributed by atoms with Crippen LogP contribution in [0.5, 0.6) is 5.75 Å². The molecule has 1 aromatic rings. The molecule has 0 amide bonds. The maximum absolute atomic E-state index is 11.7. The van der Waals surface area contributed by atoms with Crippen LogP contribution in [0, 0.1) is 0 Å². The molecular weight excluding hydrogens is 190 g/mol. The number of Topliss-reactive ketones (excluding diaryl/α,β-unsaturated/α-hetero) is 1. The Bertz CT molecular complexity index is 372. The molecule has 3 heteroatoms. The van der Waals surface area contributed by atoms with Crippen molar-refractivity contribution in [3.63, 3.8) is 0 Å². The van der Waals surface area contributed by atoms with E-state index >= 15 is 0 Å². The standard InChI is InChI=1S/C12H15NO2/c1-3-4-5-12(14)10-8-9(15-2)6-7-11(10)13/h3,6-8H,1,4-5,13H2,2H3. The van der Waals surface area contributed by atoms with Gasteiger partial charge in [-0.2, -0.15) is 0 Å². The zero-order valence-corrected chi connectivity index (χ0v) is 8.82. The van der Waals surface area contributed by atoms with E-state index in [1.165, 1.54) is 0 Å². The number of rotatable bonds is 5. The Kier molecular flexibility index (Phi) is 3.92. The molecule has 0 aliphatic heterocycles. The minimum absolute atomic E-state index is 0.0197. The molecule has 1 rings (SSSR count). The minimum atomic E-state index is 0.0197. The third-order valence-electron chi connectivity index (χ3n) is 2.14. The van der Waals surface area contributed by atoms with Crippen molar-refractivity contribution in [1.82, 2.24) is 0 Å². The molecule has 0 fully saturated rings. The lowest BCUT2D eigenvalue weighted by atomic mass is 10.0. The number of allylic oxidation sites excluding steroid dienone is 1. The molecule has 0 aliphatic carbocycles. The molecule has 0 aromatic heterocycles. The molecule has 0 atom stereocenters. The van der Waals surface area contributed by atoms with Crippen LogP contribution in [0.15, 0.2) is 30.9 Å². The lowest BCUT2D eigenvalue weighted by molar-refractivity contribution is 0.0984. The number of methoxy groups -OCH3 is 1. The van der Waals surface area contributed by atoms with Crippen molar-refractivity contribution in [2.24, 2.45) is 0 Å². The summed E-state index contributed by atoms with van der Waals surface area (Å²) in [6.07, 6.45) is 2.81. The first-order valence-electron chi connectivity index (χ1n) is 4.76. The lowest BCUT2D eigenvalue weighted by Gasteiger charge is -2.06. The molecule has 0 radical (unpaired) electrons. The van der Waals surface area contributed by atoms with E-state index in [0.717, 1.165) is 0 Å². The molecule has 2 N–H and O–H groups in total. The molecule has 0 bridgehead atoms. The average molecular weight is 205 g/mol. The van der Waals surface area contributed by atoms with Crippen LogP contribution in [0.3, 0.4) is 0 Å². The lowest BCUT2D eigenvalue weighted by Crippen LogP contribution is -2.03. The quantitative estimate of drug-likeness (QED) is 0.456. The van der Waals surface area contributed by atoms with Crippen molar-refractivity contribution in [3.05, 3.63) is 36.4 Å². The van der Waals surface area contributed by atoms with Gasteiger partial charge in [0.15, 0.2) is 5.78 Å². The molecule has 80 valence electrons. The molecule has 0 heterocycles. The number of benzene rings is 1. The largest absolute Gasteiger partial charge is 0.497 e. The number of anilines is 1. The van der Waals surface area contributed by atoms with E-state index < -0.39 is 0 Å². The van der Waals surface area contributed by atoms with Gasteiger partial charge in [-0.3, -0.25) is 4.79 Å². The molecule has 0 aliphatic rings. The SMILES string of the molecule is C=CCCC(=O)c1cc(OC)ccc1N. The van der Waals surface area contributed by atoms with Crippen LogP contribution in [0.4, 0.5) is 5.69 Å². The predicted molar refractivity (Wildman–Crippen MR) is 61.2 cm³/mol. The number of hydrogen-bond donors (Lipinski definition) is 1. The Morgan fingerprint density at radius 1 is 1.60 bits per heavy atom. The second kappa shape index (κ2) is 5.20. The van der Waals surface area contributed by atoms with Gasteiger partial charge in [-0.25, -0.2) is 0 Å². The first-order valence-corrected chi connectivity index (χ1v) is 4.76. The monoisotopic (exact) mass is 205 g/mol. The summed E-state index contributed by atoms with van der Waals surface area (Å²) < 4.78 is 5.04. The summed E-state index contributed by atoms with van der Waals surface area (Å²) in [6, 6.07) is 5.08. The van der Waals surface area contributed by atoms with Crippen LogP contribution in [0.25, 0.3) is 0 Å². The minimum Gasteiger partial charge on any atom is -0.497 e. The number of nitrogen functional groups attached to an aromatic ring is 1. The van der Waals surface area contributed by atoms with E-state index in [4.69, 9.17) is 10.5 Å². The van der Waals surface area contributed by atoms with Gasteiger partial charge in [-0.05, 0) is 24.6 Å². The zero-order chi connectivity index (χ0) is 11.3. The summed E-state index contributed by atoms with van der Waals surface area (Å²) in [6.45, 7) is 3.57. The molecule has 0 saturated carbocycles. The zero-order valence-electron chi connectivity index (χ0n) is 8.82. The van der Waals surface area contributed by atoms with Gasteiger partial charge in [0.25, 0.3) is 0 Å². The maximum atomic E-state index is 11.7. The van der Waals surface area contributed by atoms with Crippen LogP contribution in [0.1, 0.15) is 23.2 Å². The second-order valence-electron chi connectivity index (χ2n) is 3.20. The van der Waals surface area contributed by atoms with Crippen molar-refractivity contribution in [2.45, 2.75) is 12.8 Å². The van der Waals surface area contributed by atoms with Gasteiger partial charge in [0.1, 0.15) is 5.75 Å². The predicted octanol–water partition coefficient (Wildman–Crippen LogP) is 2.43. The molecule has 0 spiro atoms. The van der Waals surface area contributed by atoms with Crippen molar-refractivity contribution in [3.8, 4) is 5.75 Å². The van der Waals surface area contributed by atoms with Gasteiger partial charge in [0.05, 0.1) is 7.11 Å². The number of nitrogens with two attached hydrogens (primary N) is 1. The molecule has 0 unspecified atom stereocenters. The summed E-state index contributed by atoms with van der Waals surface area (Å²) in [5.74, 6) is 0.664. The van der Waals surface area contributed by atoms with Crippen LogP contribution in [0.2, 0.25) is 0 Å². The van der Waals surface area contributed by atoms with Crippen molar-refractivity contribution < 1.29 is 9.53 Å². The fourth-order valence-electron chi connectivity index (χ4n) is 1.27. The second-order valence-corrected chi connectivity index (χ2v) is 3.20. The molecule has 15 heavy (non-hydrogen) atoms. The number of hydrogen-bond acceptors (Lipinski definition) is 3. The van der Waals surface area contributed by atoms with Gasteiger partial charge < -0.3 is 10.5 Å². The normalized spacial score (nSPS) is 9.67. The van der Waals surface area contributed by atoms with Gasteiger partial charge in [-0.1, -0.05) is 6.08 Å². The summed E-state index contributed by atoms with van der Waals surface area (Å²) in [7, 11) is 1.56. The van der Waals surface area contributed by atoms with Crippen LogP contribution in [-0.2, 0) is 0 Å². The van der Waals surface area contributed by atoms with E-state index in [0.29, 0.717) is 29.8 Å². The van der Waals surface area contributed by atoms with Crippen molar-refractivity contribution in [2.75, 3.05) is 12.8 Å². The Morgan fingerprint density at radius 2 is 2.33 bits per heavy atom. The maximum Gasteiger partial charge on any atom is 0.165 e. The fourth-order valence-corrected chi connectivity index (χ4v) is 1.27. The first-order chi connectivity index (χ1) is 7.19. The Balaban J connectivity index is 2.91. The van der Waals surface area contributed by atoms with E-state index in [9.17, 15) is 4.79 Å². The van der Waals surface area contributed by atoms with Gasteiger partial charge in [0.2, 0.25) is 0 Å². The molecular formula is C12H15NO2. The van der Waals surface area contributed by atoms with E-state index in [-0.39, 0.29) is 5.78 Å². The Hall–Kier alpha value is -1.77. The van der Waals surface area contributed by atoms with Crippen molar-refractivity contribution >= 4 is 11.5 Å². The molecule has 3 nitrogen and oxygen atoms in total. The third-order valence-corrected chi connectivity index (χ3v) is 2.14. The smallest absolute Gasteiger partial charge is 0.165 e. The van der Waals surface area contributed by atoms with Gasteiger partial charge in [0, 0.05) is 17.7 Å². The Morgan fingerprint density at radius 3 is 2.93 bits per heavy atom. The summed E-state index contributed by atoms with van der Waals surface area (Å²) in [4.78, 5) is 11.7. The first kappa shape index (κ1) is 11.3. The highest BCUT2D eigenvalue weighted by atomic mass is 16.5. The summed E-state index contributed by atoms with van der Waals surface area (Å²) >= 11 is 0. The number of ketones is 1. The molecule has 0 saturated heterocycles. The van der Waals surface area contributed by atoms with E-state index in [1.54, 1.807) is 31.4 Å². The topological polar surface area (TPSA) is 52.3 Å². The fraction of sp³-hybridized carbons (Fsp3) is 0.250. The molecule has 1 aromatic carbocycles. The van der Waals surface area contributed by atoms with E-state index in [1.807, 2.05) is 0 Å². The van der Waals surface area contributed by atoms with Gasteiger partial charge in [-0.15, -0.1) is 6.58 Å².